The Morgan fingerprint density at radius 2 is 1.90 bits per heavy atom. The molecule has 0 aliphatic carbocycles. The Labute approximate surface area is 131 Å². The molecule has 0 fully saturated rings. The minimum Gasteiger partial charge on any atom is -0.345 e. The lowest BCUT2D eigenvalue weighted by atomic mass is 10.3. The first-order valence-electron chi connectivity index (χ1n) is 5.87. The first kappa shape index (κ1) is 14.2. The molecule has 0 radical (unpaired) electrons. The molecule has 0 saturated heterocycles. The van der Waals surface area contributed by atoms with Gasteiger partial charge in [-0.05, 0) is 36.4 Å². The molecule has 0 aliphatic rings. The average Bonchev–Trinajstić information content (AvgIpc) is 2.89. The number of nitrogens with zero attached hydrogens (tertiary/aromatic N) is 1. The molecule has 0 unspecified atom stereocenters. The van der Waals surface area contributed by atoms with Gasteiger partial charge in [0.05, 0.1) is 33.0 Å². The van der Waals surface area contributed by atoms with Gasteiger partial charge in [0, 0.05) is 5.02 Å². The van der Waals surface area contributed by atoms with E-state index in [-0.39, 0.29) is 15.6 Å². The SMILES string of the molecule is O=S(=O)(Nc1ccc(Cl)cc1Cl)c1ccc2nc[nH]c2c1. The molecule has 0 saturated carbocycles. The van der Waals surface area contributed by atoms with Gasteiger partial charge in [0.2, 0.25) is 0 Å². The predicted octanol–water partition coefficient (Wildman–Crippen LogP) is 3.67. The van der Waals surface area contributed by atoms with Gasteiger partial charge in [-0.15, -0.1) is 0 Å². The Morgan fingerprint density at radius 3 is 2.67 bits per heavy atom. The summed E-state index contributed by atoms with van der Waals surface area (Å²) in [4.78, 5) is 7.03. The smallest absolute Gasteiger partial charge is 0.262 e. The van der Waals surface area contributed by atoms with E-state index in [0.29, 0.717) is 16.1 Å². The number of halogens is 2. The third-order valence-electron chi connectivity index (χ3n) is 2.88. The number of benzene rings is 2. The molecule has 0 bridgehead atoms. The van der Waals surface area contributed by atoms with E-state index >= 15 is 0 Å². The lowest BCUT2D eigenvalue weighted by Crippen LogP contribution is -2.13. The van der Waals surface area contributed by atoms with E-state index in [2.05, 4.69) is 14.7 Å². The first-order valence-corrected chi connectivity index (χ1v) is 8.11. The van der Waals surface area contributed by atoms with Crippen molar-refractivity contribution in [3.8, 4) is 0 Å². The molecule has 21 heavy (non-hydrogen) atoms. The maximum Gasteiger partial charge on any atom is 0.262 e. The fourth-order valence-corrected chi connectivity index (χ4v) is 3.48. The molecule has 0 aliphatic heterocycles. The van der Waals surface area contributed by atoms with Gasteiger partial charge in [-0.2, -0.15) is 0 Å². The van der Waals surface area contributed by atoms with Crippen molar-refractivity contribution < 1.29 is 8.42 Å². The minimum atomic E-state index is -3.74. The molecule has 3 rings (SSSR count). The lowest BCUT2D eigenvalue weighted by Gasteiger charge is -2.09. The number of aromatic nitrogens is 2. The number of rotatable bonds is 3. The molecule has 8 heteroatoms. The molecule has 0 spiro atoms. The molecule has 1 heterocycles. The summed E-state index contributed by atoms with van der Waals surface area (Å²) in [6.45, 7) is 0. The summed E-state index contributed by atoms with van der Waals surface area (Å²) < 4.78 is 27.2. The van der Waals surface area contributed by atoms with Gasteiger partial charge in [0.15, 0.2) is 0 Å². The summed E-state index contributed by atoms with van der Waals surface area (Å²) in [7, 11) is -3.74. The Bertz CT molecular complexity index is 922. The van der Waals surface area contributed by atoms with Crippen LogP contribution in [0.5, 0.6) is 0 Å². The van der Waals surface area contributed by atoms with Gasteiger partial charge in [-0.3, -0.25) is 4.72 Å². The number of fused-ring (bicyclic) bond motifs is 1. The van der Waals surface area contributed by atoms with Crippen LogP contribution >= 0.6 is 23.2 Å². The normalized spacial score (nSPS) is 11.7. The molecule has 2 aromatic carbocycles. The zero-order valence-corrected chi connectivity index (χ0v) is 12.8. The summed E-state index contributed by atoms with van der Waals surface area (Å²) in [6, 6.07) is 9.16. The summed E-state index contributed by atoms with van der Waals surface area (Å²) in [6.07, 6.45) is 1.50. The van der Waals surface area contributed by atoms with E-state index in [1.165, 1.54) is 30.6 Å². The quantitative estimate of drug-likeness (QED) is 0.763. The second-order valence-corrected chi connectivity index (χ2v) is 6.84. The molecule has 5 nitrogen and oxygen atoms in total. The summed E-state index contributed by atoms with van der Waals surface area (Å²) in [5.74, 6) is 0. The van der Waals surface area contributed by atoms with Gasteiger partial charge in [0.1, 0.15) is 0 Å². The van der Waals surface area contributed by atoms with E-state index in [4.69, 9.17) is 23.2 Å². The molecule has 3 aromatic rings. The Morgan fingerprint density at radius 1 is 1.10 bits per heavy atom. The van der Waals surface area contributed by atoms with Gasteiger partial charge < -0.3 is 4.98 Å². The van der Waals surface area contributed by atoms with Gasteiger partial charge >= 0.3 is 0 Å². The highest BCUT2D eigenvalue weighted by atomic mass is 35.5. The second kappa shape index (κ2) is 5.22. The van der Waals surface area contributed by atoms with Crippen LogP contribution in [0, 0.1) is 0 Å². The average molecular weight is 342 g/mol. The Hall–Kier alpha value is -1.76. The highest BCUT2D eigenvalue weighted by molar-refractivity contribution is 7.92. The van der Waals surface area contributed by atoms with Crippen molar-refractivity contribution in [1.82, 2.24) is 9.97 Å². The van der Waals surface area contributed by atoms with Crippen molar-refractivity contribution in [1.29, 1.82) is 0 Å². The maximum atomic E-state index is 12.4. The van der Waals surface area contributed by atoms with E-state index < -0.39 is 10.0 Å². The van der Waals surface area contributed by atoms with Crippen LogP contribution in [-0.2, 0) is 10.0 Å². The Balaban J connectivity index is 1.99. The van der Waals surface area contributed by atoms with Crippen molar-refractivity contribution in [2.75, 3.05) is 4.72 Å². The van der Waals surface area contributed by atoms with Gasteiger partial charge in [-0.25, -0.2) is 13.4 Å². The number of sulfonamides is 1. The van der Waals surface area contributed by atoms with E-state index in [1.54, 1.807) is 12.1 Å². The molecule has 2 N–H and O–H groups in total. The van der Waals surface area contributed by atoms with E-state index in [9.17, 15) is 8.42 Å². The van der Waals surface area contributed by atoms with Crippen LogP contribution < -0.4 is 4.72 Å². The summed E-state index contributed by atoms with van der Waals surface area (Å²) in [5, 5.41) is 0.663. The van der Waals surface area contributed by atoms with Crippen molar-refractivity contribution in [2.24, 2.45) is 0 Å². The van der Waals surface area contributed by atoms with Crippen molar-refractivity contribution >= 4 is 49.9 Å². The summed E-state index contributed by atoms with van der Waals surface area (Å²) in [5.41, 5.74) is 1.60. The van der Waals surface area contributed by atoms with E-state index in [1.807, 2.05) is 0 Å². The number of anilines is 1. The molecule has 108 valence electrons. The Kier molecular flexibility index (Phi) is 3.52. The summed E-state index contributed by atoms with van der Waals surface area (Å²) >= 11 is 11.8. The number of aromatic amines is 1. The van der Waals surface area contributed by atoms with Crippen LogP contribution in [0.1, 0.15) is 0 Å². The third-order valence-corrected chi connectivity index (χ3v) is 4.79. The largest absolute Gasteiger partial charge is 0.345 e. The fraction of sp³-hybridized carbons (Fsp3) is 0. The van der Waals surface area contributed by atoms with Crippen LogP contribution in [-0.4, -0.2) is 18.4 Å². The van der Waals surface area contributed by atoms with Gasteiger partial charge in [-0.1, -0.05) is 23.2 Å². The maximum absolute atomic E-state index is 12.4. The van der Waals surface area contributed by atoms with Gasteiger partial charge in [0.25, 0.3) is 10.0 Å². The van der Waals surface area contributed by atoms with Crippen LogP contribution in [0.3, 0.4) is 0 Å². The fourth-order valence-electron chi connectivity index (χ4n) is 1.86. The van der Waals surface area contributed by atoms with E-state index in [0.717, 1.165) is 0 Å². The standard InChI is InChI=1S/C13H9Cl2N3O2S/c14-8-1-3-11(10(15)5-8)18-21(19,20)9-2-4-12-13(6-9)17-7-16-12/h1-7,18H,(H,16,17). The van der Waals surface area contributed by atoms with Crippen molar-refractivity contribution in [3.63, 3.8) is 0 Å². The van der Waals surface area contributed by atoms with Crippen LogP contribution in [0.4, 0.5) is 5.69 Å². The highest BCUT2D eigenvalue weighted by Crippen LogP contribution is 2.28. The number of nitrogens with one attached hydrogen (secondary N) is 2. The molecule has 0 atom stereocenters. The predicted molar refractivity (Wildman–Crippen MR) is 83.4 cm³/mol. The number of H-pyrrole nitrogens is 1. The number of imidazole rings is 1. The molecule has 1 aromatic heterocycles. The zero-order valence-electron chi connectivity index (χ0n) is 10.5. The highest BCUT2D eigenvalue weighted by Gasteiger charge is 2.16. The first-order chi connectivity index (χ1) is 9.95. The third kappa shape index (κ3) is 2.83. The zero-order chi connectivity index (χ0) is 15.0. The van der Waals surface area contributed by atoms with Crippen LogP contribution in [0.15, 0.2) is 47.6 Å². The topological polar surface area (TPSA) is 74.8 Å². The molecule has 0 amide bonds. The van der Waals surface area contributed by atoms with Crippen molar-refractivity contribution in [3.05, 3.63) is 52.8 Å². The minimum absolute atomic E-state index is 0.116. The van der Waals surface area contributed by atoms with Crippen LogP contribution in [0.2, 0.25) is 10.0 Å². The molecular weight excluding hydrogens is 333 g/mol. The van der Waals surface area contributed by atoms with Crippen molar-refractivity contribution in [2.45, 2.75) is 4.90 Å². The number of hydrogen-bond acceptors (Lipinski definition) is 3. The van der Waals surface area contributed by atoms with Crippen LogP contribution in [0.25, 0.3) is 11.0 Å². The lowest BCUT2D eigenvalue weighted by molar-refractivity contribution is 0.601. The number of hydrogen-bond donors (Lipinski definition) is 2. The second-order valence-electron chi connectivity index (χ2n) is 4.31. The molecular formula is C13H9Cl2N3O2S. The monoisotopic (exact) mass is 341 g/mol.